The van der Waals surface area contributed by atoms with E-state index in [0.717, 1.165) is 27.2 Å². The van der Waals surface area contributed by atoms with Crippen molar-refractivity contribution in [3.8, 4) is 5.75 Å². The topological polar surface area (TPSA) is 116 Å². The molecule has 4 rings (SSSR count). The fourth-order valence-corrected chi connectivity index (χ4v) is 3.81. The van der Waals surface area contributed by atoms with Gasteiger partial charge in [0.15, 0.2) is 0 Å². The molecule has 8 heteroatoms. The number of ether oxygens (including phenoxy) is 1. The number of benzene rings is 3. The number of amides is 2. The lowest BCUT2D eigenvalue weighted by atomic mass is 10.0. The number of H-pyrrole nitrogens is 1. The molecule has 8 nitrogen and oxygen atoms in total. The SMILES string of the molecule is CC(C)COC(=O)N[C@H](Cc1c[nH]c2ccccc12)C(=O)N/N=C\c1c(O)ccc2ccccc12. The summed E-state index contributed by atoms with van der Waals surface area (Å²) in [5, 5.41) is 19.7. The second-order valence-electron chi connectivity index (χ2n) is 8.71. The van der Waals surface area contributed by atoms with Gasteiger partial charge in [-0.15, -0.1) is 0 Å². The summed E-state index contributed by atoms with van der Waals surface area (Å²) in [4.78, 5) is 28.6. The quantitative estimate of drug-likeness (QED) is 0.224. The number of carbonyl (C=O) groups is 2. The van der Waals surface area contributed by atoms with Gasteiger partial charge in [-0.2, -0.15) is 5.10 Å². The number of hydrazone groups is 1. The Kier molecular flexibility index (Phi) is 7.30. The third kappa shape index (κ3) is 5.78. The summed E-state index contributed by atoms with van der Waals surface area (Å²) in [5.41, 5.74) is 4.79. The number of aromatic hydroxyl groups is 1. The van der Waals surface area contributed by atoms with Crippen molar-refractivity contribution < 1.29 is 19.4 Å². The van der Waals surface area contributed by atoms with Crippen LogP contribution < -0.4 is 10.7 Å². The zero-order chi connectivity index (χ0) is 24.8. The van der Waals surface area contributed by atoms with Crippen LogP contribution in [0.3, 0.4) is 0 Å². The molecule has 3 aromatic carbocycles. The molecule has 0 aliphatic carbocycles. The third-order valence-electron chi connectivity index (χ3n) is 5.57. The number of nitrogens with one attached hydrogen (secondary N) is 3. The largest absolute Gasteiger partial charge is 0.507 e. The molecule has 180 valence electrons. The molecule has 1 aromatic heterocycles. The van der Waals surface area contributed by atoms with Crippen LogP contribution in [0.15, 0.2) is 72.0 Å². The molecule has 35 heavy (non-hydrogen) atoms. The van der Waals surface area contributed by atoms with Gasteiger partial charge in [0.2, 0.25) is 0 Å². The number of nitrogens with zero attached hydrogens (tertiary/aromatic N) is 1. The molecule has 0 saturated carbocycles. The van der Waals surface area contributed by atoms with E-state index in [1.807, 2.05) is 74.6 Å². The van der Waals surface area contributed by atoms with E-state index in [2.05, 4.69) is 20.8 Å². The summed E-state index contributed by atoms with van der Waals surface area (Å²) in [6.07, 6.45) is 2.79. The lowest BCUT2D eigenvalue weighted by Gasteiger charge is -2.17. The first-order valence-corrected chi connectivity index (χ1v) is 11.4. The molecule has 0 aliphatic rings. The van der Waals surface area contributed by atoms with Crippen molar-refractivity contribution >= 4 is 39.9 Å². The fraction of sp³-hybridized carbons (Fsp3) is 0.222. The third-order valence-corrected chi connectivity index (χ3v) is 5.57. The second kappa shape index (κ2) is 10.7. The first-order chi connectivity index (χ1) is 16.9. The first kappa shape index (κ1) is 23.8. The Morgan fingerprint density at radius 2 is 1.80 bits per heavy atom. The van der Waals surface area contributed by atoms with E-state index in [0.29, 0.717) is 5.56 Å². The molecule has 0 fully saturated rings. The number of phenolic OH excluding ortho intramolecular Hbond substituents is 1. The van der Waals surface area contributed by atoms with E-state index in [1.54, 1.807) is 6.07 Å². The van der Waals surface area contributed by atoms with Crippen LogP contribution in [-0.2, 0) is 16.0 Å². The van der Waals surface area contributed by atoms with Gasteiger partial charge in [0.05, 0.1) is 12.8 Å². The van der Waals surface area contributed by atoms with Crippen molar-refractivity contribution in [2.45, 2.75) is 26.3 Å². The minimum Gasteiger partial charge on any atom is -0.507 e. The summed E-state index contributed by atoms with van der Waals surface area (Å²) in [7, 11) is 0. The number of carbonyl (C=O) groups excluding carboxylic acids is 2. The highest BCUT2D eigenvalue weighted by atomic mass is 16.5. The summed E-state index contributed by atoms with van der Waals surface area (Å²) >= 11 is 0. The van der Waals surface area contributed by atoms with Gasteiger partial charge < -0.3 is 20.1 Å². The Morgan fingerprint density at radius 1 is 1.06 bits per heavy atom. The number of rotatable bonds is 8. The normalized spacial score (nSPS) is 12.3. The van der Waals surface area contributed by atoms with Gasteiger partial charge >= 0.3 is 6.09 Å². The molecule has 1 heterocycles. The minimum absolute atomic E-state index is 0.0485. The Balaban J connectivity index is 1.53. The van der Waals surface area contributed by atoms with E-state index in [9.17, 15) is 14.7 Å². The number of hydrogen-bond acceptors (Lipinski definition) is 5. The molecular formula is C27H28N4O4. The van der Waals surface area contributed by atoms with Gasteiger partial charge in [-0.25, -0.2) is 10.2 Å². The summed E-state index contributed by atoms with van der Waals surface area (Å²) in [6.45, 7) is 4.10. The van der Waals surface area contributed by atoms with Crippen LogP contribution in [0.4, 0.5) is 4.79 Å². The molecule has 2 amide bonds. The molecule has 0 unspecified atom stereocenters. The number of aromatic amines is 1. The van der Waals surface area contributed by atoms with Crippen molar-refractivity contribution in [2.24, 2.45) is 11.0 Å². The lowest BCUT2D eigenvalue weighted by molar-refractivity contribution is -0.123. The van der Waals surface area contributed by atoms with Gasteiger partial charge in [-0.1, -0.05) is 62.4 Å². The van der Waals surface area contributed by atoms with Crippen LogP contribution in [0.25, 0.3) is 21.7 Å². The maximum atomic E-state index is 13.1. The molecule has 4 N–H and O–H groups in total. The lowest BCUT2D eigenvalue weighted by Crippen LogP contribution is -2.47. The van der Waals surface area contributed by atoms with Crippen molar-refractivity contribution in [3.05, 3.63) is 78.0 Å². The first-order valence-electron chi connectivity index (χ1n) is 11.4. The summed E-state index contributed by atoms with van der Waals surface area (Å²) in [5.74, 6) is -0.292. The molecule has 0 spiro atoms. The fourth-order valence-electron chi connectivity index (χ4n) is 3.81. The number of alkyl carbamates (subject to hydrolysis) is 1. The zero-order valence-corrected chi connectivity index (χ0v) is 19.6. The van der Waals surface area contributed by atoms with Gasteiger partial charge in [0, 0.05) is 29.1 Å². The monoisotopic (exact) mass is 472 g/mol. The summed E-state index contributed by atoms with van der Waals surface area (Å²) in [6, 6.07) is 17.8. The van der Waals surface area contributed by atoms with E-state index in [1.165, 1.54) is 6.21 Å². The van der Waals surface area contributed by atoms with Crippen molar-refractivity contribution in [1.29, 1.82) is 0 Å². The molecule has 0 aliphatic heterocycles. The van der Waals surface area contributed by atoms with Crippen LogP contribution in [0.1, 0.15) is 25.0 Å². The maximum absolute atomic E-state index is 13.1. The molecule has 1 atom stereocenters. The van der Waals surface area contributed by atoms with Gasteiger partial charge in [0.25, 0.3) is 5.91 Å². The predicted octanol–water partition coefficient (Wildman–Crippen LogP) is 4.47. The Hall–Kier alpha value is -4.33. The Morgan fingerprint density at radius 3 is 2.60 bits per heavy atom. The zero-order valence-electron chi connectivity index (χ0n) is 19.6. The number of aromatic nitrogens is 1. The predicted molar refractivity (Wildman–Crippen MR) is 136 cm³/mol. The number of fused-ring (bicyclic) bond motifs is 2. The average Bonchev–Trinajstić information content (AvgIpc) is 3.26. The molecular weight excluding hydrogens is 444 g/mol. The van der Waals surface area contributed by atoms with Crippen LogP contribution in [-0.4, -0.2) is 41.0 Å². The van der Waals surface area contributed by atoms with Crippen molar-refractivity contribution in [2.75, 3.05) is 6.61 Å². The molecule has 4 aromatic rings. The second-order valence-corrected chi connectivity index (χ2v) is 8.71. The summed E-state index contributed by atoms with van der Waals surface area (Å²) < 4.78 is 5.22. The van der Waals surface area contributed by atoms with Crippen LogP contribution in [0.5, 0.6) is 5.75 Å². The van der Waals surface area contributed by atoms with Crippen molar-refractivity contribution in [1.82, 2.24) is 15.7 Å². The highest BCUT2D eigenvalue weighted by Gasteiger charge is 2.23. The number of phenols is 1. The number of para-hydroxylation sites is 1. The van der Waals surface area contributed by atoms with Crippen LogP contribution >= 0.6 is 0 Å². The van der Waals surface area contributed by atoms with Gasteiger partial charge in [-0.05, 0) is 34.4 Å². The standard InChI is InChI=1S/C27H28N4O4/c1-17(2)16-35-27(34)30-24(13-19-14-28-23-10-6-5-9-21(19)23)26(33)31-29-15-22-20-8-4-3-7-18(20)11-12-25(22)32/h3-12,14-15,17,24,28,32H,13,16H2,1-2H3,(H,30,34)(H,31,33)/b29-15-/t24-/m1/s1. The van der Waals surface area contributed by atoms with E-state index in [4.69, 9.17) is 4.74 Å². The Labute approximate surface area is 203 Å². The van der Waals surface area contributed by atoms with Gasteiger partial charge in [0.1, 0.15) is 11.8 Å². The number of hydrogen-bond donors (Lipinski definition) is 4. The van der Waals surface area contributed by atoms with E-state index in [-0.39, 0.29) is 24.7 Å². The smallest absolute Gasteiger partial charge is 0.407 e. The van der Waals surface area contributed by atoms with Crippen molar-refractivity contribution in [3.63, 3.8) is 0 Å². The highest BCUT2D eigenvalue weighted by molar-refractivity contribution is 6.02. The van der Waals surface area contributed by atoms with Crippen LogP contribution in [0, 0.1) is 5.92 Å². The molecule has 0 radical (unpaired) electrons. The van der Waals surface area contributed by atoms with E-state index < -0.39 is 18.0 Å². The maximum Gasteiger partial charge on any atom is 0.407 e. The highest BCUT2D eigenvalue weighted by Crippen LogP contribution is 2.25. The minimum atomic E-state index is -0.924. The van der Waals surface area contributed by atoms with E-state index >= 15 is 0 Å². The van der Waals surface area contributed by atoms with Crippen LogP contribution in [0.2, 0.25) is 0 Å². The van der Waals surface area contributed by atoms with Gasteiger partial charge in [-0.3, -0.25) is 4.79 Å². The molecule has 0 bridgehead atoms. The Bertz CT molecular complexity index is 1380. The average molecular weight is 473 g/mol. The molecule has 0 saturated heterocycles.